The van der Waals surface area contributed by atoms with Gasteiger partial charge in [-0.3, -0.25) is 4.79 Å². The third kappa shape index (κ3) is 5.14. The van der Waals surface area contributed by atoms with Crippen LogP contribution in [0.1, 0.15) is 16.7 Å². The zero-order chi connectivity index (χ0) is 16.7. The molecular weight excluding hydrogens is 292 g/mol. The number of aryl methyl sites for hydroxylation is 2. The van der Waals surface area contributed by atoms with E-state index in [0.29, 0.717) is 5.75 Å². The van der Waals surface area contributed by atoms with E-state index in [9.17, 15) is 4.79 Å². The standard InChI is InChI=1S/C18H20N2O3/c1-13-7-8-17(14(2)9-13)23-12-18(21)20-19-11-15-5-4-6-16(10-15)22-3/h4-11H,12H2,1-3H3,(H,20,21)/b19-11-. The molecule has 5 nitrogen and oxygen atoms in total. The minimum Gasteiger partial charge on any atom is -0.497 e. The SMILES string of the molecule is COc1cccc(/C=N\NC(=O)COc2ccc(C)cc2C)c1. The summed E-state index contributed by atoms with van der Waals surface area (Å²) < 4.78 is 10.6. The Bertz CT molecular complexity index is 711. The topological polar surface area (TPSA) is 59.9 Å². The number of hydrazone groups is 1. The highest BCUT2D eigenvalue weighted by atomic mass is 16.5. The van der Waals surface area contributed by atoms with Gasteiger partial charge in [0.05, 0.1) is 13.3 Å². The molecule has 23 heavy (non-hydrogen) atoms. The third-order valence-corrected chi connectivity index (χ3v) is 3.19. The molecule has 0 aliphatic heterocycles. The molecule has 0 saturated carbocycles. The summed E-state index contributed by atoms with van der Waals surface area (Å²) in [5, 5.41) is 3.91. The molecule has 0 saturated heterocycles. The molecule has 0 heterocycles. The Morgan fingerprint density at radius 1 is 1.22 bits per heavy atom. The average molecular weight is 312 g/mol. The van der Waals surface area contributed by atoms with Crippen LogP contribution in [-0.4, -0.2) is 25.8 Å². The summed E-state index contributed by atoms with van der Waals surface area (Å²) in [5.41, 5.74) is 5.42. The first-order valence-electron chi connectivity index (χ1n) is 7.24. The largest absolute Gasteiger partial charge is 0.497 e. The molecule has 0 aliphatic rings. The summed E-state index contributed by atoms with van der Waals surface area (Å²) in [6, 6.07) is 13.2. The minimum absolute atomic E-state index is 0.0840. The van der Waals surface area contributed by atoms with Gasteiger partial charge in [-0.1, -0.05) is 29.8 Å². The summed E-state index contributed by atoms with van der Waals surface area (Å²) in [5.74, 6) is 1.12. The summed E-state index contributed by atoms with van der Waals surface area (Å²) in [6.45, 7) is 3.87. The number of hydrogen-bond acceptors (Lipinski definition) is 4. The number of methoxy groups -OCH3 is 1. The number of rotatable bonds is 6. The fourth-order valence-corrected chi connectivity index (χ4v) is 2.04. The minimum atomic E-state index is -0.316. The molecule has 0 fully saturated rings. The van der Waals surface area contributed by atoms with E-state index in [0.717, 1.165) is 22.4 Å². The first kappa shape index (κ1) is 16.5. The number of carbonyl (C=O) groups excluding carboxylic acids is 1. The first-order chi connectivity index (χ1) is 11.1. The summed E-state index contributed by atoms with van der Waals surface area (Å²) in [4.78, 5) is 11.7. The zero-order valence-electron chi connectivity index (χ0n) is 13.5. The van der Waals surface area contributed by atoms with E-state index in [1.165, 1.54) is 0 Å². The van der Waals surface area contributed by atoms with Crippen LogP contribution in [0.15, 0.2) is 47.6 Å². The number of benzene rings is 2. The van der Waals surface area contributed by atoms with Crippen molar-refractivity contribution < 1.29 is 14.3 Å². The van der Waals surface area contributed by atoms with Gasteiger partial charge < -0.3 is 9.47 Å². The van der Waals surface area contributed by atoms with Gasteiger partial charge in [0.2, 0.25) is 0 Å². The molecular formula is C18H20N2O3. The van der Waals surface area contributed by atoms with Crippen molar-refractivity contribution in [3.8, 4) is 11.5 Å². The van der Waals surface area contributed by atoms with Crippen LogP contribution in [0.25, 0.3) is 0 Å². The lowest BCUT2D eigenvalue weighted by molar-refractivity contribution is -0.123. The highest BCUT2D eigenvalue weighted by molar-refractivity contribution is 5.83. The Labute approximate surface area is 135 Å². The molecule has 2 rings (SSSR count). The molecule has 0 spiro atoms. The molecule has 2 aromatic rings. The molecule has 0 unspecified atom stereocenters. The van der Waals surface area contributed by atoms with E-state index in [2.05, 4.69) is 10.5 Å². The highest BCUT2D eigenvalue weighted by Crippen LogP contribution is 2.18. The second kappa shape index (κ2) is 7.98. The van der Waals surface area contributed by atoms with Crippen LogP contribution in [0.2, 0.25) is 0 Å². The van der Waals surface area contributed by atoms with Gasteiger partial charge in [0.1, 0.15) is 11.5 Å². The van der Waals surface area contributed by atoms with Gasteiger partial charge in [-0.05, 0) is 43.2 Å². The van der Waals surface area contributed by atoms with Gasteiger partial charge in [0.25, 0.3) is 5.91 Å². The molecule has 0 bridgehead atoms. The summed E-state index contributed by atoms with van der Waals surface area (Å²) >= 11 is 0. The van der Waals surface area contributed by atoms with Crippen molar-refractivity contribution in [3.63, 3.8) is 0 Å². The van der Waals surface area contributed by atoms with E-state index < -0.39 is 0 Å². The van der Waals surface area contributed by atoms with Crippen molar-refractivity contribution in [3.05, 3.63) is 59.2 Å². The van der Waals surface area contributed by atoms with Crippen molar-refractivity contribution in [1.82, 2.24) is 5.43 Å². The molecule has 120 valence electrons. The van der Waals surface area contributed by atoms with Gasteiger partial charge in [0, 0.05) is 0 Å². The lowest BCUT2D eigenvalue weighted by Crippen LogP contribution is -2.24. The van der Waals surface area contributed by atoms with Crippen molar-refractivity contribution in [1.29, 1.82) is 0 Å². The molecule has 0 aliphatic carbocycles. The molecule has 2 aromatic carbocycles. The van der Waals surface area contributed by atoms with Crippen molar-refractivity contribution in [2.24, 2.45) is 5.10 Å². The number of nitrogens with zero attached hydrogens (tertiary/aromatic N) is 1. The lowest BCUT2D eigenvalue weighted by atomic mass is 10.1. The second-order valence-corrected chi connectivity index (χ2v) is 5.13. The van der Waals surface area contributed by atoms with Gasteiger partial charge in [0.15, 0.2) is 6.61 Å². The van der Waals surface area contributed by atoms with Crippen molar-refractivity contribution in [2.75, 3.05) is 13.7 Å². The van der Waals surface area contributed by atoms with Crippen LogP contribution >= 0.6 is 0 Å². The predicted octanol–water partition coefficient (Wildman–Crippen LogP) is 2.84. The van der Waals surface area contributed by atoms with E-state index >= 15 is 0 Å². The van der Waals surface area contributed by atoms with Gasteiger partial charge in [-0.25, -0.2) is 5.43 Å². The molecule has 0 aromatic heterocycles. The van der Waals surface area contributed by atoms with Gasteiger partial charge in [-0.2, -0.15) is 5.10 Å². The van der Waals surface area contributed by atoms with E-state index in [1.54, 1.807) is 13.3 Å². The van der Waals surface area contributed by atoms with Crippen LogP contribution in [-0.2, 0) is 4.79 Å². The Morgan fingerprint density at radius 3 is 2.78 bits per heavy atom. The van der Waals surface area contributed by atoms with Gasteiger partial charge in [-0.15, -0.1) is 0 Å². The number of ether oxygens (including phenoxy) is 2. The smallest absolute Gasteiger partial charge is 0.277 e. The van der Waals surface area contributed by atoms with Gasteiger partial charge >= 0.3 is 0 Å². The third-order valence-electron chi connectivity index (χ3n) is 3.19. The maximum absolute atomic E-state index is 11.7. The summed E-state index contributed by atoms with van der Waals surface area (Å²) in [6.07, 6.45) is 1.55. The predicted molar refractivity (Wildman–Crippen MR) is 90.1 cm³/mol. The van der Waals surface area contributed by atoms with Crippen LogP contribution in [0.4, 0.5) is 0 Å². The highest BCUT2D eigenvalue weighted by Gasteiger charge is 2.04. The first-order valence-corrected chi connectivity index (χ1v) is 7.24. The maximum atomic E-state index is 11.7. The van der Waals surface area contributed by atoms with Crippen molar-refractivity contribution in [2.45, 2.75) is 13.8 Å². The number of nitrogens with one attached hydrogen (secondary N) is 1. The van der Waals surface area contributed by atoms with Crippen molar-refractivity contribution >= 4 is 12.1 Å². The van der Waals surface area contributed by atoms with Crippen LogP contribution in [0.5, 0.6) is 11.5 Å². The van der Waals surface area contributed by atoms with Crippen LogP contribution < -0.4 is 14.9 Å². The fraction of sp³-hybridized carbons (Fsp3) is 0.222. The van der Waals surface area contributed by atoms with E-state index in [4.69, 9.17) is 9.47 Å². The Kier molecular flexibility index (Phi) is 5.74. The number of amides is 1. The van der Waals surface area contributed by atoms with Crippen LogP contribution in [0, 0.1) is 13.8 Å². The monoisotopic (exact) mass is 312 g/mol. The Morgan fingerprint density at radius 2 is 2.04 bits per heavy atom. The summed E-state index contributed by atoms with van der Waals surface area (Å²) in [7, 11) is 1.60. The number of hydrogen-bond donors (Lipinski definition) is 1. The quantitative estimate of drug-likeness (QED) is 0.659. The zero-order valence-corrected chi connectivity index (χ0v) is 13.5. The van der Waals surface area contributed by atoms with E-state index in [1.807, 2.05) is 56.3 Å². The molecule has 0 radical (unpaired) electrons. The normalized spacial score (nSPS) is 10.6. The Hall–Kier alpha value is -2.82. The van der Waals surface area contributed by atoms with E-state index in [-0.39, 0.29) is 12.5 Å². The molecule has 5 heteroatoms. The Balaban J connectivity index is 1.83. The maximum Gasteiger partial charge on any atom is 0.277 e. The molecule has 1 N–H and O–H groups in total. The van der Waals surface area contributed by atoms with Crippen LogP contribution in [0.3, 0.4) is 0 Å². The molecule has 0 atom stereocenters. The average Bonchev–Trinajstić information content (AvgIpc) is 2.54. The number of carbonyl (C=O) groups is 1. The molecule has 1 amide bonds. The fourth-order valence-electron chi connectivity index (χ4n) is 2.04. The second-order valence-electron chi connectivity index (χ2n) is 5.13. The lowest BCUT2D eigenvalue weighted by Gasteiger charge is -2.08.